The lowest BCUT2D eigenvalue weighted by Gasteiger charge is -2.27. The van der Waals surface area contributed by atoms with Gasteiger partial charge in [-0.1, -0.05) is 24.3 Å². The van der Waals surface area contributed by atoms with Crippen molar-refractivity contribution in [2.75, 3.05) is 13.2 Å². The van der Waals surface area contributed by atoms with Gasteiger partial charge in [-0.15, -0.1) is 13.2 Å². The van der Waals surface area contributed by atoms with Gasteiger partial charge in [-0.05, 0) is 37.3 Å². The highest BCUT2D eigenvalue weighted by atomic mass is 19.2. The molecule has 0 amide bonds. The average molecular weight is 430 g/mol. The number of allylic oxidation sites excluding steroid dienone is 1. The minimum atomic E-state index is -1.17. The molecule has 1 fully saturated rings. The maximum atomic E-state index is 14.8. The Hall–Kier alpha value is -2.73. The monoisotopic (exact) mass is 430 g/mol. The highest BCUT2D eigenvalue weighted by molar-refractivity contribution is 5.54. The average Bonchev–Trinajstić information content (AvgIpc) is 2.79. The minimum Gasteiger partial charge on any atom is -0.490 e. The summed E-state index contributed by atoms with van der Waals surface area (Å²) in [5.74, 6) is -3.25. The number of rotatable bonds is 7. The molecule has 0 radical (unpaired) electrons. The lowest BCUT2D eigenvalue weighted by molar-refractivity contribution is -0.00333. The quantitative estimate of drug-likeness (QED) is 0.413. The number of halogens is 3. The van der Waals surface area contributed by atoms with Crippen LogP contribution in [0.15, 0.2) is 43.5 Å². The zero-order valence-corrected chi connectivity index (χ0v) is 17.3. The van der Waals surface area contributed by atoms with Crippen molar-refractivity contribution >= 4 is 0 Å². The first-order valence-corrected chi connectivity index (χ1v) is 10.5. The van der Waals surface area contributed by atoms with Crippen LogP contribution in [0, 0.1) is 23.4 Å². The smallest absolute Gasteiger partial charge is 0.205 e. The van der Waals surface area contributed by atoms with Crippen molar-refractivity contribution in [1.29, 1.82) is 0 Å². The van der Waals surface area contributed by atoms with Crippen LogP contribution in [0.25, 0.3) is 0 Å². The maximum Gasteiger partial charge on any atom is 0.205 e. The highest BCUT2D eigenvalue weighted by Gasteiger charge is 2.29. The first-order valence-electron chi connectivity index (χ1n) is 10.5. The summed E-state index contributed by atoms with van der Waals surface area (Å²) in [5, 5.41) is 0. The molecule has 0 spiro atoms. The summed E-state index contributed by atoms with van der Waals surface area (Å²) in [4.78, 5) is 0. The summed E-state index contributed by atoms with van der Waals surface area (Å²) in [7, 11) is 0. The van der Waals surface area contributed by atoms with Crippen LogP contribution in [0.2, 0.25) is 0 Å². The second-order valence-electron chi connectivity index (χ2n) is 7.99. The molecule has 1 saturated heterocycles. The van der Waals surface area contributed by atoms with Gasteiger partial charge in [-0.25, -0.2) is 4.39 Å². The van der Waals surface area contributed by atoms with E-state index in [0.29, 0.717) is 36.1 Å². The Balaban J connectivity index is 1.52. The Labute approximate surface area is 180 Å². The van der Waals surface area contributed by atoms with Gasteiger partial charge in [0.05, 0.1) is 19.3 Å². The summed E-state index contributed by atoms with van der Waals surface area (Å²) in [6.07, 6.45) is 6.46. The van der Waals surface area contributed by atoms with Crippen molar-refractivity contribution in [1.82, 2.24) is 0 Å². The predicted octanol–water partition coefficient (Wildman–Crippen LogP) is 6.28. The highest BCUT2D eigenvalue weighted by Crippen LogP contribution is 2.43. The molecule has 3 nitrogen and oxygen atoms in total. The van der Waals surface area contributed by atoms with Gasteiger partial charge in [0.2, 0.25) is 11.6 Å². The molecular formula is C25H25F3O3. The molecule has 2 aliphatic rings. The summed E-state index contributed by atoms with van der Waals surface area (Å²) in [5.41, 5.74) is 1.46. The SMILES string of the molecule is C=CCCc1ccc2c(c1F)Oc1c(cc(OCC3CCC(C=C)OC3)c(F)c1F)C2. The van der Waals surface area contributed by atoms with E-state index < -0.39 is 17.5 Å². The van der Waals surface area contributed by atoms with E-state index in [1.54, 1.807) is 24.3 Å². The van der Waals surface area contributed by atoms with E-state index in [2.05, 4.69) is 13.2 Å². The molecule has 0 aromatic heterocycles. The Morgan fingerprint density at radius 3 is 2.55 bits per heavy atom. The van der Waals surface area contributed by atoms with Crippen LogP contribution in [-0.2, 0) is 17.6 Å². The summed E-state index contributed by atoms with van der Waals surface area (Å²) in [6, 6.07) is 4.90. The molecule has 2 atom stereocenters. The first-order chi connectivity index (χ1) is 15.0. The van der Waals surface area contributed by atoms with Gasteiger partial charge in [0.15, 0.2) is 23.1 Å². The fourth-order valence-electron chi connectivity index (χ4n) is 3.98. The predicted molar refractivity (Wildman–Crippen MR) is 112 cm³/mol. The van der Waals surface area contributed by atoms with E-state index in [-0.39, 0.29) is 42.3 Å². The molecule has 6 heteroatoms. The maximum absolute atomic E-state index is 14.8. The van der Waals surface area contributed by atoms with Crippen molar-refractivity contribution in [2.45, 2.75) is 38.2 Å². The molecule has 31 heavy (non-hydrogen) atoms. The molecule has 4 rings (SSSR count). The third-order valence-corrected chi connectivity index (χ3v) is 5.81. The van der Waals surface area contributed by atoms with Gasteiger partial charge in [-0.3, -0.25) is 0 Å². The van der Waals surface area contributed by atoms with Gasteiger partial charge in [0.25, 0.3) is 0 Å². The molecule has 2 aromatic rings. The van der Waals surface area contributed by atoms with Crippen LogP contribution in [0.4, 0.5) is 13.2 Å². The first kappa shape index (κ1) is 21.5. The number of fused-ring (bicyclic) bond motifs is 2. The molecule has 2 unspecified atom stereocenters. The van der Waals surface area contributed by atoms with Crippen molar-refractivity contribution in [3.05, 3.63) is 77.7 Å². The molecule has 2 heterocycles. The number of hydrogen-bond acceptors (Lipinski definition) is 3. The van der Waals surface area contributed by atoms with E-state index >= 15 is 0 Å². The van der Waals surface area contributed by atoms with E-state index in [1.165, 1.54) is 6.07 Å². The standard InChI is InChI=1S/C25H25F3O3/c1-3-5-6-16-8-9-17-11-18-12-20(30-14-15-7-10-19(4-2)29-13-15)22(27)23(28)25(18)31-24(17)21(16)26/h3-4,8-9,12,15,19H,1-2,5-7,10-11,13-14H2. The van der Waals surface area contributed by atoms with E-state index in [0.717, 1.165) is 12.8 Å². The number of benzene rings is 2. The van der Waals surface area contributed by atoms with Crippen molar-refractivity contribution in [3.63, 3.8) is 0 Å². The van der Waals surface area contributed by atoms with Gasteiger partial charge >= 0.3 is 0 Å². The lowest BCUT2D eigenvalue weighted by Crippen LogP contribution is -2.28. The van der Waals surface area contributed by atoms with E-state index in [1.807, 2.05) is 0 Å². The van der Waals surface area contributed by atoms with Crippen LogP contribution in [0.1, 0.15) is 36.0 Å². The zero-order chi connectivity index (χ0) is 22.0. The van der Waals surface area contributed by atoms with Gasteiger partial charge < -0.3 is 14.2 Å². The van der Waals surface area contributed by atoms with Gasteiger partial charge in [0.1, 0.15) is 0 Å². The Morgan fingerprint density at radius 2 is 1.84 bits per heavy atom. The number of ether oxygens (including phenoxy) is 3. The molecule has 0 saturated carbocycles. The minimum absolute atomic E-state index is 0.0316. The van der Waals surface area contributed by atoms with Crippen LogP contribution < -0.4 is 9.47 Å². The van der Waals surface area contributed by atoms with E-state index in [9.17, 15) is 13.2 Å². The molecular weight excluding hydrogens is 405 g/mol. The summed E-state index contributed by atoms with van der Waals surface area (Å²) in [6.45, 7) is 8.06. The normalized spacial score (nSPS) is 19.7. The Kier molecular flexibility index (Phi) is 6.37. The van der Waals surface area contributed by atoms with E-state index in [4.69, 9.17) is 14.2 Å². The molecule has 0 N–H and O–H groups in total. The second kappa shape index (κ2) is 9.18. The van der Waals surface area contributed by atoms with Crippen molar-refractivity contribution < 1.29 is 27.4 Å². The van der Waals surface area contributed by atoms with Crippen molar-refractivity contribution in [2.24, 2.45) is 5.92 Å². The molecule has 0 aliphatic carbocycles. The number of aryl methyl sites for hydroxylation is 1. The molecule has 2 aromatic carbocycles. The van der Waals surface area contributed by atoms with Crippen LogP contribution >= 0.6 is 0 Å². The van der Waals surface area contributed by atoms with Crippen molar-refractivity contribution in [3.8, 4) is 17.2 Å². The largest absolute Gasteiger partial charge is 0.490 e. The third-order valence-electron chi connectivity index (χ3n) is 5.81. The molecule has 2 aliphatic heterocycles. The van der Waals surface area contributed by atoms with Crippen LogP contribution in [0.3, 0.4) is 0 Å². The second-order valence-corrected chi connectivity index (χ2v) is 7.99. The third kappa shape index (κ3) is 4.35. The van der Waals surface area contributed by atoms with Crippen LogP contribution in [0.5, 0.6) is 17.2 Å². The fraction of sp³-hybridized carbons (Fsp3) is 0.360. The Morgan fingerprint density at radius 1 is 1.03 bits per heavy atom. The lowest BCUT2D eigenvalue weighted by atomic mass is 9.96. The molecule has 0 bridgehead atoms. The number of hydrogen-bond donors (Lipinski definition) is 0. The summed E-state index contributed by atoms with van der Waals surface area (Å²) >= 11 is 0. The van der Waals surface area contributed by atoms with Gasteiger partial charge in [-0.2, -0.15) is 8.78 Å². The zero-order valence-electron chi connectivity index (χ0n) is 17.3. The summed E-state index contributed by atoms with van der Waals surface area (Å²) < 4.78 is 61.0. The Bertz CT molecular complexity index is 994. The van der Waals surface area contributed by atoms with Crippen LogP contribution in [-0.4, -0.2) is 19.3 Å². The van der Waals surface area contributed by atoms with Gasteiger partial charge in [0, 0.05) is 23.5 Å². The molecule has 164 valence electrons. The fourth-order valence-corrected chi connectivity index (χ4v) is 3.98. The topological polar surface area (TPSA) is 27.7 Å².